The summed E-state index contributed by atoms with van der Waals surface area (Å²) in [7, 11) is 0. The summed E-state index contributed by atoms with van der Waals surface area (Å²) in [5.41, 5.74) is 0.288. The van der Waals surface area contributed by atoms with E-state index in [0.29, 0.717) is 0 Å². The normalized spacial score (nSPS) is 30.3. The van der Waals surface area contributed by atoms with Gasteiger partial charge in [-0.2, -0.15) is 10.1 Å². The predicted octanol–water partition coefficient (Wildman–Crippen LogP) is 4.55. The summed E-state index contributed by atoms with van der Waals surface area (Å²) < 4.78 is 0. The van der Waals surface area contributed by atoms with E-state index in [-0.39, 0.29) is 21.9 Å². The van der Waals surface area contributed by atoms with Crippen LogP contribution in [0.2, 0.25) is 0 Å². The molecule has 0 saturated carbocycles. The molecule has 0 atom stereocenters. The smallest absolute Gasteiger partial charge is 0.0455 e. The van der Waals surface area contributed by atoms with E-state index in [1.165, 1.54) is 23.0 Å². The third kappa shape index (κ3) is 3.66. The molecule has 0 aromatic rings. The van der Waals surface area contributed by atoms with Crippen molar-refractivity contribution in [3.8, 4) is 0 Å². The number of hydrogen-bond donors (Lipinski definition) is 2. The second-order valence-corrected chi connectivity index (χ2v) is 9.34. The molecule has 2 heterocycles. The van der Waals surface area contributed by atoms with E-state index in [0.717, 1.165) is 25.9 Å². The first-order valence-electron chi connectivity index (χ1n) is 8.69. The van der Waals surface area contributed by atoms with Crippen molar-refractivity contribution in [3.05, 3.63) is 0 Å². The van der Waals surface area contributed by atoms with E-state index in [1.54, 1.807) is 0 Å². The molecule has 0 bridgehead atoms. The van der Waals surface area contributed by atoms with Crippen LogP contribution in [0.5, 0.6) is 0 Å². The SMILES string of the molecule is CC1(C)CCCN(O)C1(C)C.CC1(C)CCCN(O)C1(C)C. The molecule has 4 nitrogen and oxygen atoms in total. The van der Waals surface area contributed by atoms with Crippen LogP contribution in [0, 0.1) is 10.8 Å². The Balaban J connectivity index is 0.000000220. The Morgan fingerprint density at radius 2 is 0.864 bits per heavy atom. The molecular weight excluding hydrogens is 276 g/mol. The molecule has 132 valence electrons. The molecule has 0 aromatic carbocycles. The van der Waals surface area contributed by atoms with Gasteiger partial charge in [-0.1, -0.05) is 27.7 Å². The first-order valence-corrected chi connectivity index (χ1v) is 8.69. The Hall–Kier alpha value is -0.160. The van der Waals surface area contributed by atoms with Gasteiger partial charge in [0.1, 0.15) is 0 Å². The minimum atomic E-state index is -0.0781. The van der Waals surface area contributed by atoms with Crippen LogP contribution in [-0.2, 0) is 0 Å². The first-order chi connectivity index (χ1) is 9.76. The highest BCUT2D eigenvalue weighted by Crippen LogP contribution is 2.42. The zero-order chi connectivity index (χ0) is 17.4. The highest BCUT2D eigenvalue weighted by Gasteiger charge is 2.44. The Kier molecular flexibility index (Phi) is 5.77. The Bertz CT molecular complexity index is 339. The van der Waals surface area contributed by atoms with Crippen molar-refractivity contribution in [1.29, 1.82) is 0 Å². The van der Waals surface area contributed by atoms with E-state index >= 15 is 0 Å². The summed E-state index contributed by atoms with van der Waals surface area (Å²) in [6, 6.07) is 0. The molecule has 22 heavy (non-hydrogen) atoms. The third-order valence-electron chi connectivity index (χ3n) is 6.95. The lowest BCUT2D eigenvalue weighted by molar-refractivity contribution is -0.218. The minimum Gasteiger partial charge on any atom is -0.313 e. The van der Waals surface area contributed by atoms with Gasteiger partial charge in [-0.05, 0) is 64.2 Å². The van der Waals surface area contributed by atoms with Crippen LogP contribution >= 0.6 is 0 Å². The van der Waals surface area contributed by atoms with Crippen molar-refractivity contribution >= 4 is 0 Å². The van der Waals surface area contributed by atoms with Crippen molar-refractivity contribution in [3.63, 3.8) is 0 Å². The fourth-order valence-electron chi connectivity index (χ4n) is 3.21. The van der Waals surface area contributed by atoms with E-state index in [1.807, 2.05) is 0 Å². The van der Waals surface area contributed by atoms with Gasteiger partial charge in [-0.3, -0.25) is 0 Å². The van der Waals surface area contributed by atoms with Gasteiger partial charge in [0, 0.05) is 24.2 Å². The highest BCUT2D eigenvalue weighted by molar-refractivity contribution is 4.96. The summed E-state index contributed by atoms with van der Waals surface area (Å²) in [4.78, 5) is 0. The monoisotopic (exact) mass is 314 g/mol. The molecule has 0 amide bonds. The number of hydroxylamine groups is 4. The van der Waals surface area contributed by atoms with Crippen LogP contribution < -0.4 is 0 Å². The van der Waals surface area contributed by atoms with Crippen LogP contribution in [0.4, 0.5) is 0 Å². The molecule has 0 radical (unpaired) electrons. The maximum Gasteiger partial charge on any atom is 0.0455 e. The van der Waals surface area contributed by atoms with Gasteiger partial charge in [0.25, 0.3) is 0 Å². The van der Waals surface area contributed by atoms with Crippen molar-refractivity contribution in [2.45, 2.75) is 92.2 Å². The second kappa shape index (κ2) is 6.39. The number of piperidine rings is 2. The van der Waals surface area contributed by atoms with Gasteiger partial charge in [0.15, 0.2) is 0 Å². The molecule has 2 fully saturated rings. The molecule has 0 unspecified atom stereocenters. The number of hydrogen-bond acceptors (Lipinski definition) is 4. The highest BCUT2D eigenvalue weighted by atomic mass is 16.5. The van der Waals surface area contributed by atoms with Crippen molar-refractivity contribution in [1.82, 2.24) is 10.1 Å². The average molecular weight is 315 g/mol. The maximum absolute atomic E-state index is 9.61. The summed E-state index contributed by atoms with van der Waals surface area (Å²) in [6.07, 6.45) is 4.62. The first kappa shape index (κ1) is 19.9. The third-order valence-corrected chi connectivity index (χ3v) is 6.95. The predicted molar refractivity (Wildman–Crippen MR) is 91.2 cm³/mol. The van der Waals surface area contributed by atoms with Crippen molar-refractivity contribution in [2.75, 3.05) is 13.1 Å². The second-order valence-electron chi connectivity index (χ2n) is 9.34. The van der Waals surface area contributed by atoms with E-state index < -0.39 is 0 Å². The van der Waals surface area contributed by atoms with E-state index in [4.69, 9.17) is 0 Å². The number of rotatable bonds is 0. The van der Waals surface area contributed by atoms with Gasteiger partial charge in [-0.15, -0.1) is 0 Å². The molecule has 0 aromatic heterocycles. The largest absolute Gasteiger partial charge is 0.313 e. The van der Waals surface area contributed by atoms with Gasteiger partial charge >= 0.3 is 0 Å². The quantitative estimate of drug-likeness (QED) is 0.688. The van der Waals surface area contributed by atoms with Crippen molar-refractivity contribution < 1.29 is 10.4 Å². The molecule has 4 heteroatoms. The Morgan fingerprint density at radius 3 is 1.05 bits per heavy atom. The molecule has 2 N–H and O–H groups in total. The minimum absolute atomic E-state index is 0.0781. The van der Waals surface area contributed by atoms with E-state index in [9.17, 15) is 10.4 Å². The molecule has 2 saturated heterocycles. The molecule has 2 rings (SSSR count). The Morgan fingerprint density at radius 1 is 0.591 bits per heavy atom. The maximum atomic E-state index is 9.61. The van der Waals surface area contributed by atoms with Crippen LogP contribution in [0.15, 0.2) is 0 Å². The lowest BCUT2D eigenvalue weighted by Crippen LogP contribution is -2.56. The van der Waals surface area contributed by atoms with E-state index in [2.05, 4.69) is 55.4 Å². The van der Waals surface area contributed by atoms with Gasteiger partial charge in [0.05, 0.1) is 0 Å². The lowest BCUT2D eigenvalue weighted by Gasteiger charge is -2.50. The standard InChI is InChI=1S/2C9H19NO/c2*1-8(2)6-5-7-10(11)9(8,3)4/h2*11H,5-7H2,1-4H3. The molecule has 2 aliphatic rings. The Labute approximate surface area is 137 Å². The van der Waals surface area contributed by atoms with Crippen molar-refractivity contribution in [2.24, 2.45) is 10.8 Å². The van der Waals surface area contributed by atoms with Gasteiger partial charge in [0.2, 0.25) is 0 Å². The topological polar surface area (TPSA) is 46.9 Å². The molecule has 0 spiro atoms. The molecular formula is C18H38N2O2. The zero-order valence-electron chi connectivity index (χ0n) is 16.0. The van der Waals surface area contributed by atoms with Crippen LogP contribution in [0.1, 0.15) is 81.1 Å². The van der Waals surface area contributed by atoms with Crippen LogP contribution in [0.25, 0.3) is 0 Å². The zero-order valence-corrected chi connectivity index (χ0v) is 16.0. The van der Waals surface area contributed by atoms with Crippen LogP contribution in [-0.4, -0.2) is 44.7 Å². The summed E-state index contributed by atoms with van der Waals surface area (Å²) >= 11 is 0. The summed E-state index contributed by atoms with van der Waals surface area (Å²) in [6.45, 7) is 18.9. The fourth-order valence-corrected chi connectivity index (χ4v) is 3.21. The lowest BCUT2D eigenvalue weighted by atomic mass is 9.69. The average Bonchev–Trinajstić information content (AvgIpc) is 2.35. The molecule has 0 aliphatic carbocycles. The fraction of sp³-hybridized carbons (Fsp3) is 1.00. The summed E-state index contributed by atoms with van der Waals surface area (Å²) in [5, 5.41) is 22.2. The van der Waals surface area contributed by atoms with Gasteiger partial charge in [-0.25, -0.2) is 0 Å². The summed E-state index contributed by atoms with van der Waals surface area (Å²) in [5.74, 6) is 0. The molecule has 2 aliphatic heterocycles. The number of nitrogens with zero attached hydrogens (tertiary/aromatic N) is 2. The van der Waals surface area contributed by atoms with Gasteiger partial charge < -0.3 is 10.4 Å². The van der Waals surface area contributed by atoms with Crippen LogP contribution in [0.3, 0.4) is 0 Å².